The molecule has 0 aromatic carbocycles. The molecule has 2 nitrogen and oxygen atoms in total. The molecule has 0 aromatic rings. The van der Waals surface area contributed by atoms with Gasteiger partial charge in [-0.05, 0) is 6.42 Å². The van der Waals surface area contributed by atoms with Crippen molar-refractivity contribution in [1.82, 2.24) is 0 Å². The van der Waals surface area contributed by atoms with Gasteiger partial charge in [0.1, 0.15) is 0 Å². The van der Waals surface area contributed by atoms with E-state index < -0.39 is 5.97 Å². The van der Waals surface area contributed by atoms with E-state index in [-0.39, 0.29) is 20.3 Å². The maximum atomic E-state index is 10.3. The third kappa shape index (κ3) is 18.6. The standard InChI is InChI=1S/C14H28O2.Li.H/c1-2-3-4-5-6-7-8-9-10-11-12-13-14(15)16;;/h2-13H2,1H3,(H,15,16);;/q;+1;-1. The summed E-state index contributed by atoms with van der Waals surface area (Å²) < 4.78 is 0. The zero-order valence-electron chi connectivity index (χ0n) is 12.8. The summed E-state index contributed by atoms with van der Waals surface area (Å²) in [5.74, 6) is -0.657. The zero-order valence-corrected chi connectivity index (χ0v) is 11.8. The summed E-state index contributed by atoms with van der Waals surface area (Å²) in [6, 6.07) is 0. The van der Waals surface area contributed by atoms with Gasteiger partial charge in [-0.3, -0.25) is 4.79 Å². The monoisotopic (exact) mass is 236 g/mol. The molecule has 0 atom stereocenters. The van der Waals surface area contributed by atoms with Crippen LogP contribution in [0, 0.1) is 0 Å². The normalized spacial score (nSPS) is 9.94. The molecular formula is C14H29LiO2. The second-order valence-electron chi connectivity index (χ2n) is 4.68. The van der Waals surface area contributed by atoms with Crippen LogP contribution in [0.25, 0.3) is 0 Å². The molecule has 17 heavy (non-hydrogen) atoms. The minimum Gasteiger partial charge on any atom is -1.00 e. The molecule has 0 fully saturated rings. The largest absolute Gasteiger partial charge is 1.00 e. The summed E-state index contributed by atoms with van der Waals surface area (Å²) in [5.41, 5.74) is 0. The first kappa shape index (κ1) is 19.4. The Labute approximate surface area is 120 Å². The van der Waals surface area contributed by atoms with Crippen LogP contribution >= 0.6 is 0 Å². The predicted molar refractivity (Wildman–Crippen MR) is 69.8 cm³/mol. The number of unbranched alkanes of at least 4 members (excludes halogenated alkanes) is 10. The van der Waals surface area contributed by atoms with Gasteiger partial charge in [-0.1, -0.05) is 71.1 Å². The molecule has 1 N–H and O–H groups in total. The number of aliphatic carboxylic acids is 1. The Morgan fingerprint density at radius 2 is 1.18 bits per heavy atom. The first-order valence-corrected chi connectivity index (χ1v) is 6.99. The average molecular weight is 236 g/mol. The maximum Gasteiger partial charge on any atom is 1.00 e. The molecule has 3 heteroatoms. The molecule has 0 saturated carbocycles. The molecular weight excluding hydrogens is 207 g/mol. The van der Waals surface area contributed by atoms with Gasteiger partial charge in [-0.2, -0.15) is 0 Å². The van der Waals surface area contributed by atoms with Gasteiger partial charge in [-0.15, -0.1) is 0 Å². The van der Waals surface area contributed by atoms with Crippen molar-refractivity contribution in [1.29, 1.82) is 0 Å². The Kier molecular flexibility index (Phi) is 18.3. The fourth-order valence-electron chi connectivity index (χ4n) is 1.94. The van der Waals surface area contributed by atoms with E-state index in [9.17, 15) is 4.79 Å². The van der Waals surface area contributed by atoms with Crippen molar-refractivity contribution < 1.29 is 30.2 Å². The molecule has 0 aliphatic rings. The van der Waals surface area contributed by atoms with E-state index in [0.29, 0.717) is 6.42 Å². The third-order valence-electron chi connectivity index (χ3n) is 2.99. The number of carboxylic acids is 1. The molecule has 0 spiro atoms. The second-order valence-corrected chi connectivity index (χ2v) is 4.68. The van der Waals surface area contributed by atoms with E-state index in [0.717, 1.165) is 12.8 Å². The summed E-state index contributed by atoms with van der Waals surface area (Å²) in [6.45, 7) is 2.25. The number of carbonyl (C=O) groups is 1. The second kappa shape index (κ2) is 16.1. The van der Waals surface area contributed by atoms with E-state index >= 15 is 0 Å². The van der Waals surface area contributed by atoms with E-state index in [1.54, 1.807) is 0 Å². The Bertz CT molecular complexity index is 166. The van der Waals surface area contributed by atoms with E-state index in [2.05, 4.69) is 6.92 Å². The van der Waals surface area contributed by atoms with Crippen molar-refractivity contribution in [3.63, 3.8) is 0 Å². The molecule has 0 heterocycles. The van der Waals surface area contributed by atoms with Crippen LogP contribution < -0.4 is 18.9 Å². The Morgan fingerprint density at radius 1 is 0.824 bits per heavy atom. The summed E-state index contributed by atoms with van der Waals surface area (Å²) in [6.07, 6.45) is 14.4. The van der Waals surface area contributed by atoms with Crippen LogP contribution in [0.3, 0.4) is 0 Å². The van der Waals surface area contributed by atoms with Crippen LogP contribution in [0.4, 0.5) is 0 Å². The maximum absolute atomic E-state index is 10.3. The van der Waals surface area contributed by atoms with Crippen molar-refractivity contribution in [2.24, 2.45) is 0 Å². The zero-order chi connectivity index (χ0) is 12.1. The van der Waals surface area contributed by atoms with Crippen LogP contribution in [-0.2, 0) is 4.79 Å². The third-order valence-corrected chi connectivity index (χ3v) is 2.99. The Hall–Kier alpha value is 0.0674. The molecule has 0 radical (unpaired) electrons. The van der Waals surface area contributed by atoms with Crippen molar-refractivity contribution in [3.8, 4) is 0 Å². The molecule has 0 aliphatic heterocycles. The average Bonchev–Trinajstić information content (AvgIpc) is 2.25. The van der Waals surface area contributed by atoms with Crippen LogP contribution in [0.1, 0.15) is 85.4 Å². The summed E-state index contributed by atoms with van der Waals surface area (Å²) >= 11 is 0. The van der Waals surface area contributed by atoms with Gasteiger partial charge in [0.15, 0.2) is 0 Å². The number of carboxylic acid groups (broad SMARTS) is 1. The fraction of sp³-hybridized carbons (Fsp3) is 0.929. The van der Waals surface area contributed by atoms with Gasteiger partial charge in [0.05, 0.1) is 0 Å². The van der Waals surface area contributed by atoms with Crippen LogP contribution in [0.5, 0.6) is 0 Å². The number of rotatable bonds is 12. The Morgan fingerprint density at radius 3 is 1.53 bits per heavy atom. The van der Waals surface area contributed by atoms with Gasteiger partial charge in [0.25, 0.3) is 0 Å². The molecule has 0 aliphatic carbocycles. The predicted octanol–water partition coefficient (Wildman–Crippen LogP) is 1.89. The van der Waals surface area contributed by atoms with Crippen molar-refractivity contribution in [2.75, 3.05) is 0 Å². The molecule has 0 aromatic heterocycles. The molecule has 98 valence electrons. The first-order valence-electron chi connectivity index (χ1n) is 6.99. The Balaban J connectivity index is -0.00000112. The van der Waals surface area contributed by atoms with E-state index in [1.807, 2.05) is 0 Å². The molecule has 0 rings (SSSR count). The number of hydrogen-bond acceptors (Lipinski definition) is 1. The quantitative estimate of drug-likeness (QED) is 0.415. The van der Waals surface area contributed by atoms with Crippen molar-refractivity contribution in [3.05, 3.63) is 0 Å². The summed E-state index contributed by atoms with van der Waals surface area (Å²) in [7, 11) is 0. The minimum atomic E-state index is -0.657. The van der Waals surface area contributed by atoms with Gasteiger partial charge in [-0.25, -0.2) is 0 Å². The van der Waals surface area contributed by atoms with Gasteiger partial charge in [0, 0.05) is 6.42 Å². The van der Waals surface area contributed by atoms with Gasteiger partial charge in [0.2, 0.25) is 0 Å². The summed E-state index contributed by atoms with van der Waals surface area (Å²) in [5, 5.41) is 8.46. The topological polar surface area (TPSA) is 37.3 Å². The first-order chi connectivity index (χ1) is 7.77. The molecule has 0 bridgehead atoms. The molecule has 0 saturated heterocycles. The van der Waals surface area contributed by atoms with E-state index in [1.165, 1.54) is 57.8 Å². The number of hydrogen-bond donors (Lipinski definition) is 1. The van der Waals surface area contributed by atoms with Crippen LogP contribution in [-0.4, -0.2) is 11.1 Å². The fourth-order valence-corrected chi connectivity index (χ4v) is 1.94. The van der Waals surface area contributed by atoms with Gasteiger partial charge < -0.3 is 6.53 Å². The molecule has 0 unspecified atom stereocenters. The van der Waals surface area contributed by atoms with Crippen molar-refractivity contribution in [2.45, 2.75) is 84.0 Å². The summed E-state index contributed by atoms with van der Waals surface area (Å²) in [4.78, 5) is 10.3. The smallest absolute Gasteiger partial charge is 1.00 e. The molecule has 0 amide bonds. The van der Waals surface area contributed by atoms with E-state index in [4.69, 9.17) is 5.11 Å². The van der Waals surface area contributed by atoms with Gasteiger partial charge >= 0.3 is 24.8 Å². The minimum absolute atomic E-state index is 0. The SMILES string of the molecule is CCCCCCCCCCCCCC(=O)O.[H-].[Li+]. The van der Waals surface area contributed by atoms with Crippen molar-refractivity contribution >= 4 is 5.97 Å². The van der Waals surface area contributed by atoms with Crippen LogP contribution in [0.2, 0.25) is 0 Å². The van der Waals surface area contributed by atoms with Crippen LogP contribution in [0.15, 0.2) is 0 Å².